The van der Waals surface area contributed by atoms with Gasteiger partial charge in [-0.25, -0.2) is 0 Å². The van der Waals surface area contributed by atoms with Crippen LogP contribution in [0.4, 0.5) is 0 Å². The number of rotatable bonds is 7. The molecule has 0 atom stereocenters. The second-order valence-corrected chi connectivity index (χ2v) is 4.55. The van der Waals surface area contributed by atoms with Crippen molar-refractivity contribution in [1.29, 1.82) is 0 Å². The lowest BCUT2D eigenvalue weighted by Crippen LogP contribution is -2.43. The van der Waals surface area contributed by atoms with Gasteiger partial charge in [-0.15, -0.1) is 24.0 Å². The van der Waals surface area contributed by atoms with Gasteiger partial charge in [0.2, 0.25) is 0 Å². The SMILES string of the molecule is CCNC(=NCC1(O)CCC1)NCCCOC.I. The van der Waals surface area contributed by atoms with E-state index in [2.05, 4.69) is 15.6 Å². The Bertz CT molecular complexity index is 245. The number of hydrogen-bond donors (Lipinski definition) is 3. The van der Waals surface area contributed by atoms with E-state index in [1.54, 1.807) is 7.11 Å². The molecule has 0 unspecified atom stereocenters. The van der Waals surface area contributed by atoms with Crippen molar-refractivity contribution in [3.05, 3.63) is 0 Å². The van der Waals surface area contributed by atoms with Crippen LogP contribution in [0.2, 0.25) is 0 Å². The first-order chi connectivity index (χ1) is 8.20. The van der Waals surface area contributed by atoms with Crippen molar-refractivity contribution in [2.75, 3.05) is 33.4 Å². The maximum absolute atomic E-state index is 9.95. The molecule has 0 heterocycles. The average Bonchev–Trinajstić information content (AvgIpc) is 2.29. The normalized spacial score (nSPS) is 17.6. The molecule has 1 rings (SSSR count). The zero-order valence-corrected chi connectivity index (χ0v) is 13.7. The molecule has 5 nitrogen and oxygen atoms in total. The fourth-order valence-electron chi connectivity index (χ4n) is 1.73. The Morgan fingerprint density at radius 3 is 2.61 bits per heavy atom. The molecule has 0 radical (unpaired) electrons. The summed E-state index contributed by atoms with van der Waals surface area (Å²) in [4.78, 5) is 4.41. The molecule has 108 valence electrons. The molecule has 1 aliphatic rings. The average molecular weight is 371 g/mol. The minimum Gasteiger partial charge on any atom is -0.388 e. The van der Waals surface area contributed by atoms with E-state index in [0.29, 0.717) is 6.54 Å². The van der Waals surface area contributed by atoms with Crippen molar-refractivity contribution in [3.63, 3.8) is 0 Å². The van der Waals surface area contributed by atoms with Gasteiger partial charge in [0, 0.05) is 26.8 Å². The monoisotopic (exact) mass is 371 g/mol. The number of methoxy groups -OCH3 is 1. The molecule has 0 aromatic carbocycles. The van der Waals surface area contributed by atoms with Crippen molar-refractivity contribution in [3.8, 4) is 0 Å². The summed E-state index contributed by atoms with van der Waals surface area (Å²) in [6.07, 6.45) is 3.81. The first-order valence-corrected chi connectivity index (χ1v) is 6.44. The first kappa shape index (κ1) is 17.9. The zero-order chi connectivity index (χ0) is 12.6. The van der Waals surface area contributed by atoms with E-state index in [-0.39, 0.29) is 24.0 Å². The van der Waals surface area contributed by atoms with Gasteiger partial charge in [0.05, 0.1) is 12.1 Å². The molecule has 1 saturated carbocycles. The molecule has 0 aromatic heterocycles. The standard InChI is InChI=1S/C12H25N3O2.HI/c1-3-13-11(14-8-5-9-17-2)15-10-12(16)6-4-7-12;/h16H,3-10H2,1-2H3,(H2,13,14,15);1H. The minimum absolute atomic E-state index is 0. The molecule has 1 aliphatic carbocycles. The maximum Gasteiger partial charge on any atom is 0.191 e. The second-order valence-electron chi connectivity index (χ2n) is 4.55. The summed E-state index contributed by atoms with van der Waals surface area (Å²) in [6.45, 7) is 4.93. The lowest BCUT2D eigenvalue weighted by atomic mass is 9.80. The molecule has 0 saturated heterocycles. The Balaban J connectivity index is 0.00000289. The topological polar surface area (TPSA) is 65.9 Å². The number of halogens is 1. The summed E-state index contributed by atoms with van der Waals surface area (Å²) in [5.41, 5.74) is -0.547. The molecule has 1 fully saturated rings. The zero-order valence-electron chi connectivity index (χ0n) is 11.4. The van der Waals surface area contributed by atoms with E-state index in [0.717, 1.165) is 51.3 Å². The van der Waals surface area contributed by atoms with Gasteiger partial charge in [-0.2, -0.15) is 0 Å². The van der Waals surface area contributed by atoms with Crippen molar-refractivity contribution < 1.29 is 9.84 Å². The number of nitrogens with one attached hydrogen (secondary N) is 2. The van der Waals surface area contributed by atoms with Gasteiger partial charge in [0.25, 0.3) is 0 Å². The Kier molecular flexibility index (Phi) is 9.76. The number of ether oxygens (including phenoxy) is 1. The Hall–Kier alpha value is -0.0800. The van der Waals surface area contributed by atoms with E-state index in [1.165, 1.54) is 0 Å². The molecule has 18 heavy (non-hydrogen) atoms. The molecule has 0 aromatic rings. The predicted molar refractivity (Wildman–Crippen MR) is 84.7 cm³/mol. The number of hydrogen-bond acceptors (Lipinski definition) is 3. The highest BCUT2D eigenvalue weighted by Gasteiger charge is 2.34. The van der Waals surface area contributed by atoms with Crippen LogP contribution < -0.4 is 10.6 Å². The number of aliphatic imine (C=N–C) groups is 1. The highest BCUT2D eigenvalue weighted by Crippen LogP contribution is 2.31. The molecule has 0 bridgehead atoms. The minimum atomic E-state index is -0.547. The second kappa shape index (κ2) is 9.80. The van der Waals surface area contributed by atoms with Crippen LogP contribution in [-0.2, 0) is 4.74 Å². The molecule has 3 N–H and O–H groups in total. The molecule has 6 heteroatoms. The van der Waals surface area contributed by atoms with Gasteiger partial charge in [0.1, 0.15) is 0 Å². The third-order valence-corrected chi connectivity index (χ3v) is 2.98. The molecule has 0 aliphatic heterocycles. The molecule has 0 amide bonds. The third-order valence-electron chi connectivity index (χ3n) is 2.98. The van der Waals surface area contributed by atoms with Crippen molar-refractivity contribution in [1.82, 2.24) is 10.6 Å². The van der Waals surface area contributed by atoms with E-state index >= 15 is 0 Å². The van der Waals surface area contributed by atoms with Crippen molar-refractivity contribution in [2.24, 2.45) is 4.99 Å². The van der Waals surface area contributed by atoms with Gasteiger partial charge < -0.3 is 20.5 Å². The summed E-state index contributed by atoms with van der Waals surface area (Å²) in [7, 11) is 1.70. The van der Waals surface area contributed by atoms with Gasteiger partial charge in [-0.3, -0.25) is 4.99 Å². The van der Waals surface area contributed by atoms with Crippen LogP contribution in [0.1, 0.15) is 32.6 Å². The first-order valence-electron chi connectivity index (χ1n) is 6.44. The maximum atomic E-state index is 9.95. The molecular formula is C12H26IN3O2. The largest absolute Gasteiger partial charge is 0.388 e. The Morgan fingerprint density at radius 1 is 1.39 bits per heavy atom. The van der Waals surface area contributed by atoms with Crippen LogP contribution in [0, 0.1) is 0 Å². The smallest absolute Gasteiger partial charge is 0.191 e. The quantitative estimate of drug-likeness (QED) is 0.272. The van der Waals surface area contributed by atoms with Crippen LogP contribution in [-0.4, -0.2) is 50.0 Å². The Morgan fingerprint density at radius 2 is 2.11 bits per heavy atom. The van der Waals surface area contributed by atoms with Gasteiger partial charge in [0.15, 0.2) is 5.96 Å². The van der Waals surface area contributed by atoms with Crippen LogP contribution in [0.25, 0.3) is 0 Å². The predicted octanol–water partition coefficient (Wildman–Crippen LogP) is 1.11. The van der Waals surface area contributed by atoms with E-state index < -0.39 is 5.60 Å². The lowest BCUT2D eigenvalue weighted by molar-refractivity contribution is -0.0236. The summed E-state index contributed by atoms with van der Waals surface area (Å²) in [6, 6.07) is 0. The van der Waals surface area contributed by atoms with Gasteiger partial charge >= 0.3 is 0 Å². The highest BCUT2D eigenvalue weighted by molar-refractivity contribution is 14.0. The number of aliphatic hydroxyl groups is 1. The summed E-state index contributed by atoms with van der Waals surface area (Å²) in [5.74, 6) is 0.781. The van der Waals surface area contributed by atoms with Crippen LogP contribution in [0.15, 0.2) is 4.99 Å². The Labute approximate surface area is 127 Å². The van der Waals surface area contributed by atoms with Gasteiger partial charge in [-0.1, -0.05) is 0 Å². The van der Waals surface area contributed by atoms with Crippen LogP contribution in [0.5, 0.6) is 0 Å². The number of guanidine groups is 1. The molecular weight excluding hydrogens is 345 g/mol. The van der Waals surface area contributed by atoms with E-state index in [9.17, 15) is 5.11 Å². The summed E-state index contributed by atoms with van der Waals surface area (Å²) in [5, 5.41) is 16.3. The van der Waals surface area contributed by atoms with Crippen molar-refractivity contribution >= 4 is 29.9 Å². The number of nitrogens with zero attached hydrogens (tertiary/aromatic N) is 1. The third kappa shape index (κ3) is 6.75. The van der Waals surface area contributed by atoms with E-state index in [1.807, 2.05) is 6.92 Å². The highest BCUT2D eigenvalue weighted by atomic mass is 127. The van der Waals surface area contributed by atoms with Crippen LogP contribution >= 0.6 is 24.0 Å². The van der Waals surface area contributed by atoms with Crippen molar-refractivity contribution in [2.45, 2.75) is 38.2 Å². The van der Waals surface area contributed by atoms with Crippen LogP contribution in [0.3, 0.4) is 0 Å². The fourth-order valence-corrected chi connectivity index (χ4v) is 1.73. The lowest BCUT2D eigenvalue weighted by Gasteiger charge is -2.35. The molecule has 0 spiro atoms. The van der Waals surface area contributed by atoms with E-state index in [4.69, 9.17) is 4.74 Å². The fraction of sp³-hybridized carbons (Fsp3) is 0.917. The summed E-state index contributed by atoms with van der Waals surface area (Å²) < 4.78 is 4.98. The summed E-state index contributed by atoms with van der Waals surface area (Å²) >= 11 is 0. The van der Waals surface area contributed by atoms with Gasteiger partial charge in [-0.05, 0) is 32.6 Å².